The molecule has 2 aliphatic rings. The molecule has 7 heteroatoms. The Balaban J connectivity index is 1.35. The van der Waals surface area contributed by atoms with Crippen LogP contribution in [-0.4, -0.2) is 63.0 Å². The standard InChI is InChI=1S/C16H23N3O4/c1-12-9-17-4-6-19(12)10-16(20)18-5-7-21-13-2-3-14-15(8-13)23-11-22-14/h2-3,8,12,17H,4-7,9-11H2,1H3,(H,18,20)/t12-/m0/s1. The van der Waals surface area contributed by atoms with Crippen LogP contribution in [0.3, 0.4) is 0 Å². The van der Waals surface area contributed by atoms with Gasteiger partial charge in [0.15, 0.2) is 11.5 Å². The molecule has 0 radical (unpaired) electrons. The van der Waals surface area contributed by atoms with Gasteiger partial charge in [0.1, 0.15) is 12.4 Å². The predicted molar refractivity (Wildman–Crippen MR) is 85.0 cm³/mol. The van der Waals surface area contributed by atoms with E-state index in [0.717, 1.165) is 25.4 Å². The molecule has 0 aliphatic carbocycles. The number of piperazine rings is 1. The van der Waals surface area contributed by atoms with Gasteiger partial charge in [-0.05, 0) is 19.1 Å². The number of hydrogen-bond acceptors (Lipinski definition) is 6. The molecule has 0 bridgehead atoms. The summed E-state index contributed by atoms with van der Waals surface area (Å²) in [5.74, 6) is 2.17. The molecule has 1 aromatic rings. The summed E-state index contributed by atoms with van der Waals surface area (Å²) in [5.41, 5.74) is 0. The molecular formula is C16H23N3O4. The van der Waals surface area contributed by atoms with E-state index >= 15 is 0 Å². The lowest BCUT2D eigenvalue weighted by atomic mass is 10.2. The smallest absolute Gasteiger partial charge is 0.234 e. The third kappa shape index (κ3) is 4.27. The van der Waals surface area contributed by atoms with Gasteiger partial charge in [0.25, 0.3) is 0 Å². The van der Waals surface area contributed by atoms with Crippen molar-refractivity contribution in [2.45, 2.75) is 13.0 Å². The van der Waals surface area contributed by atoms with Gasteiger partial charge in [-0.2, -0.15) is 0 Å². The lowest BCUT2D eigenvalue weighted by Crippen LogP contribution is -2.52. The number of carbonyl (C=O) groups excluding carboxylic acids is 1. The van der Waals surface area contributed by atoms with Gasteiger partial charge in [-0.1, -0.05) is 0 Å². The zero-order valence-electron chi connectivity index (χ0n) is 13.3. The number of hydrogen-bond donors (Lipinski definition) is 2. The van der Waals surface area contributed by atoms with Crippen LogP contribution in [-0.2, 0) is 4.79 Å². The van der Waals surface area contributed by atoms with E-state index in [0.29, 0.717) is 37.2 Å². The number of amides is 1. The maximum atomic E-state index is 12.0. The largest absolute Gasteiger partial charge is 0.492 e. The molecule has 0 unspecified atom stereocenters. The van der Waals surface area contributed by atoms with Gasteiger partial charge >= 0.3 is 0 Å². The highest BCUT2D eigenvalue weighted by molar-refractivity contribution is 5.78. The minimum absolute atomic E-state index is 0.0352. The van der Waals surface area contributed by atoms with Crippen molar-refractivity contribution in [1.29, 1.82) is 0 Å². The molecule has 126 valence electrons. The number of rotatable bonds is 6. The van der Waals surface area contributed by atoms with Gasteiger partial charge < -0.3 is 24.8 Å². The zero-order chi connectivity index (χ0) is 16.1. The molecule has 1 atom stereocenters. The average Bonchev–Trinajstić information content (AvgIpc) is 3.01. The Morgan fingerprint density at radius 1 is 1.43 bits per heavy atom. The highest BCUT2D eigenvalue weighted by Gasteiger charge is 2.20. The second kappa shape index (κ2) is 7.52. The molecule has 7 nitrogen and oxygen atoms in total. The number of nitrogens with zero attached hydrogens (tertiary/aromatic N) is 1. The molecule has 2 N–H and O–H groups in total. The summed E-state index contributed by atoms with van der Waals surface area (Å²) in [4.78, 5) is 14.1. The summed E-state index contributed by atoms with van der Waals surface area (Å²) >= 11 is 0. The fourth-order valence-corrected chi connectivity index (χ4v) is 2.68. The van der Waals surface area contributed by atoms with Crippen LogP contribution >= 0.6 is 0 Å². The van der Waals surface area contributed by atoms with Crippen molar-refractivity contribution in [3.8, 4) is 17.2 Å². The van der Waals surface area contributed by atoms with Crippen molar-refractivity contribution >= 4 is 5.91 Å². The Kier molecular flexibility index (Phi) is 5.19. The third-order valence-electron chi connectivity index (χ3n) is 4.02. The summed E-state index contributed by atoms with van der Waals surface area (Å²) in [6.45, 7) is 6.48. The first-order valence-corrected chi connectivity index (χ1v) is 7.96. The number of nitrogens with one attached hydrogen (secondary N) is 2. The highest BCUT2D eigenvalue weighted by Crippen LogP contribution is 2.34. The van der Waals surface area contributed by atoms with Crippen LogP contribution in [0.25, 0.3) is 0 Å². The maximum Gasteiger partial charge on any atom is 0.234 e. The molecule has 0 spiro atoms. The Hall–Kier alpha value is -1.99. The number of carbonyl (C=O) groups is 1. The van der Waals surface area contributed by atoms with Crippen molar-refractivity contribution in [3.63, 3.8) is 0 Å². The topological polar surface area (TPSA) is 72.1 Å². The van der Waals surface area contributed by atoms with Crippen LogP contribution in [0.5, 0.6) is 17.2 Å². The number of benzene rings is 1. The SMILES string of the molecule is C[C@H]1CNCCN1CC(=O)NCCOc1ccc2c(c1)OCO2. The summed E-state index contributed by atoms with van der Waals surface area (Å²) in [5, 5.41) is 6.20. The van der Waals surface area contributed by atoms with Crippen molar-refractivity contribution in [2.24, 2.45) is 0 Å². The minimum Gasteiger partial charge on any atom is -0.492 e. The van der Waals surface area contributed by atoms with Gasteiger partial charge in [-0.15, -0.1) is 0 Å². The molecule has 1 aromatic carbocycles. The predicted octanol–water partition coefficient (Wildman–Crippen LogP) is 0.204. The lowest BCUT2D eigenvalue weighted by molar-refractivity contribution is -0.123. The van der Waals surface area contributed by atoms with Crippen LogP contribution in [0.4, 0.5) is 0 Å². The van der Waals surface area contributed by atoms with E-state index in [9.17, 15) is 4.79 Å². The first-order valence-electron chi connectivity index (χ1n) is 7.96. The molecule has 23 heavy (non-hydrogen) atoms. The van der Waals surface area contributed by atoms with Gasteiger partial charge in [0.05, 0.1) is 13.1 Å². The summed E-state index contributed by atoms with van der Waals surface area (Å²) < 4.78 is 16.2. The van der Waals surface area contributed by atoms with E-state index in [1.54, 1.807) is 6.07 Å². The molecule has 1 amide bonds. The van der Waals surface area contributed by atoms with Crippen molar-refractivity contribution in [2.75, 3.05) is 46.1 Å². The highest BCUT2D eigenvalue weighted by atomic mass is 16.7. The molecule has 1 saturated heterocycles. The molecule has 1 fully saturated rings. The van der Waals surface area contributed by atoms with Gasteiger partial charge in [-0.3, -0.25) is 9.69 Å². The zero-order valence-corrected chi connectivity index (χ0v) is 13.3. The summed E-state index contributed by atoms with van der Waals surface area (Å²) in [6, 6.07) is 5.84. The maximum absolute atomic E-state index is 12.0. The molecule has 2 aliphatic heterocycles. The second-order valence-corrected chi connectivity index (χ2v) is 5.74. The molecular weight excluding hydrogens is 298 g/mol. The average molecular weight is 321 g/mol. The van der Waals surface area contributed by atoms with Crippen LogP contribution in [0, 0.1) is 0 Å². The van der Waals surface area contributed by atoms with E-state index in [2.05, 4.69) is 22.5 Å². The normalized spacial score (nSPS) is 20.3. The molecule has 3 rings (SSSR count). The van der Waals surface area contributed by atoms with E-state index in [1.165, 1.54) is 0 Å². The number of ether oxygens (including phenoxy) is 3. The van der Waals surface area contributed by atoms with Crippen molar-refractivity contribution in [1.82, 2.24) is 15.5 Å². The van der Waals surface area contributed by atoms with Gasteiger partial charge in [0, 0.05) is 31.7 Å². The second-order valence-electron chi connectivity index (χ2n) is 5.74. The molecule has 0 aromatic heterocycles. The van der Waals surface area contributed by atoms with E-state index < -0.39 is 0 Å². The Labute approximate surface area is 135 Å². The van der Waals surface area contributed by atoms with Crippen LogP contribution in [0.2, 0.25) is 0 Å². The Bertz CT molecular complexity index is 552. The van der Waals surface area contributed by atoms with Gasteiger partial charge in [-0.25, -0.2) is 0 Å². The van der Waals surface area contributed by atoms with Crippen LogP contribution in [0.1, 0.15) is 6.92 Å². The summed E-state index contributed by atoms with van der Waals surface area (Å²) in [7, 11) is 0. The molecule has 2 heterocycles. The quantitative estimate of drug-likeness (QED) is 0.730. The third-order valence-corrected chi connectivity index (χ3v) is 4.02. The van der Waals surface area contributed by atoms with E-state index in [4.69, 9.17) is 14.2 Å². The van der Waals surface area contributed by atoms with Crippen LogP contribution < -0.4 is 24.8 Å². The Morgan fingerprint density at radius 2 is 2.30 bits per heavy atom. The van der Waals surface area contributed by atoms with E-state index in [-0.39, 0.29) is 12.7 Å². The minimum atomic E-state index is 0.0352. The first-order chi connectivity index (χ1) is 11.2. The van der Waals surface area contributed by atoms with Crippen molar-refractivity contribution in [3.05, 3.63) is 18.2 Å². The first kappa shape index (κ1) is 15.9. The van der Waals surface area contributed by atoms with E-state index in [1.807, 2.05) is 12.1 Å². The molecule has 0 saturated carbocycles. The van der Waals surface area contributed by atoms with Gasteiger partial charge in [0.2, 0.25) is 12.7 Å². The Morgan fingerprint density at radius 3 is 3.17 bits per heavy atom. The monoisotopic (exact) mass is 321 g/mol. The summed E-state index contributed by atoms with van der Waals surface area (Å²) in [6.07, 6.45) is 0. The fourth-order valence-electron chi connectivity index (χ4n) is 2.68. The number of fused-ring (bicyclic) bond motifs is 1. The van der Waals surface area contributed by atoms with Crippen LogP contribution in [0.15, 0.2) is 18.2 Å². The fraction of sp³-hybridized carbons (Fsp3) is 0.562. The lowest BCUT2D eigenvalue weighted by Gasteiger charge is -2.33. The van der Waals surface area contributed by atoms with Crippen molar-refractivity contribution < 1.29 is 19.0 Å².